The second-order valence-electron chi connectivity index (χ2n) is 8.55. The highest BCUT2D eigenvalue weighted by atomic mass is 35.5. The van der Waals surface area contributed by atoms with Gasteiger partial charge in [0.15, 0.2) is 9.84 Å². The highest BCUT2D eigenvalue weighted by Gasteiger charge is 2.36. The Kier molecular flexibility index (Phi) is 8.99. The summed E-state index contributed by atoms with van der Waals surface area (Å²) in [5.74, 6) is -1.05. The summed E-state index contributed by atoms with van der Waals surface area (Å²) in [6.07, 6.45) is -4.28. The van der Waals surface area contributed by atoms with E-state index in [0.717, 1.165) is 6.07 Å². The number of rotatable bonds is 8. The molecule has 3 amide bonds. The van der Waals surface area contributed by atoms with Crippen LogP contribution in [-0.4, -0.2) is 50.1 Å². The first-order valence-electron chi connectivity index (χ1n) is 11.2. The first-order chi connectivity index (χ1) is 17.2. The van der Waals surface area contributed by atoms with Gasteiger partial charge in [-0.05, 0) is 47.9 Å². The minimum atomic E-state index is -4.80. The van der Waals surface area contributed by atoms with Gasteiger partial charge in [-0.25, -0.2) is 13.2 Å². The minimum absolute atomic E-state index is 0.0289. The number of likely N-dealkylation sites (tertiary alicyclic amines) is 1. The summed E-state index contributed by atoms with van der Waals surface area (Å²) in [4.78, 5) is 25.5. The van der Waals surface area contributed by atoms with Crippen LogP contribution in [-0.2, 0) is 29.1 Å². The van der Waals surface area contributed by atoms with E-state index in [1.165, 1.54) is 25.1 Å². The average molecular weight is 581 g/mol. The van der Waals surface area contributed by atoms with Gasteiger partial charge in [-0.2, -0.15) is 13.2 Å². The molecular weight excluding hydrogens is 556 g/mol. The van der Waals surface area contributed by atoms with Crippen LogP contribution in [0.4, 0.5) is 18.0 Å². The normalized spacial score (nSPS) is 16.5. The lowest BCUT2D eigenvalue weighted by molar-refractivity contribution is -0.138. The molecule has 0 spiro atoms. The van der Waals surface area contributed by atoms with E-state index in [2.05, 4.69) is 10.6 Å². The zero-order valence-corrected chi connectivity index (χ0v) is 22.0. The fraction of sp³-hybridized carbons (Fsp3) is 0.391. The fourth-order valence-corrected chi connectivity index (χ4v) is 5.71. The van der Waals surface area contributed by atoms with Crippen molar-refractivity contribution in [3.05, 3.63) is 62.6 Å². The van der Waals surface area contributed by atoms with Gasteiger partial charge in [-0.1, -0.05) is 30.1 Å². The quantitative estimate of drug-likeness (QED) is 0.436. The van der Waals surface area contributed by atoms with Gasteiger partial charge in [0.2, 0.25) is 0 Å². The van der Waals surface area contributed by atoms with E-state index in [4.69, 9.17) is 28.9 Å². The van der Waals surface area contributed by atoms with Crippen molar-refractivity contribution in [2.45, 2.75) is 43.5 Å². The Morgan fingerprint density at radius 3 is 2.51 bits per heavy atom. The molecule has 202 valence electrons. The lowest BCUT2D eigenvalue weighted by Crippen LogP contribution is -2.40. The molecule has 1 aliphatic rings. The summed E-state index contributed by atoms with van der Waals surface area (Å²) in [5, 5.41) is 4.97. The van der Waals surface area contributed by atoms with Crippen LogP contribution in [0.3, 0.4) is 0 Å². The van der Waals surface area contributed by atoms with Crippen LogP contribution >= 0.6 is 23.2 Å². The van der Waals surface area contributed by atoms with E-state index >= 15 is 0 Å². The summed E-state index contributed by atoms with van der Waals surface area (Å²) in [7, 11) is -3.63. The zero-order valence-electron chi connectivity index (χ0n) is 19.7. The van der Waals surface area contributed by atoms with Crippen LogP contribution in [0, 0.1) is 0 Å². The van der Waals surface area contributed by atoms with E-state index in [9.17, 15) is 31.2 Å². The third-order valence-electron chi connectivity index (χ3n) is 5.94. The molecule has 37 heavy (non-hydrogen) atoms. The number of carbonyl (C=O) groups is 2. The zero-order chi connectivity index (χ0) is 27.5. The number of sulfone groups is 1. The van der Waals surface area contributed by atoms with Crippen LogP contribution in [0.1, 0.15) is 40.4 Å². The van der Waals surface area contributed by atoms with Crippen molar-refractivity contribution >= 4 is 45.0 Å². The highest BCUT2D eigenvalue weighted by Crippen LogP contribution is 2.37. The van der Waals surface area contributed by atoms with Crippen LogP contribution < -0.4 is 16.4 Å². The highest BCUT2D eigenvalue weighted by molar-refractivity contribution is 7.91. The average Bonchev–Trinajstić information content (AvgIpc) is 3.23. The first kappa shape index (κ1) is 29.0. The fourth-order valence-electron chi connectivity index (χ4n) is 4.12. The van der Waals surface area contributed by atoms with Crippen molar-refractivity contribution in [2.75, 3.05) is 18.8 Å². The molecule has 0 aliphatic carbocycles. The van der Waals surface area contributed by atoms with Crippen molar-refractivity contribution in [1.29, 1.82) is 0 Å². The number of hydrogen-bond acceptors (Lipinski definition) is 5. The second kappa shape index (κ2) is 11.5. The number of halogens is 5. The summed E-state index contributed by atoms with van der Waals surface area (Å²) in [6.45, 7) is 1.75. The van der Waals surface area contributed by atoms with Crippen molar-refractivity contribution in [3.63, 3.8) is 0 Å². The first-order valence-corrected chi connectivity index (χ1v) is 13.6. The molecule has 8 nitrogen and oxygen atoms in total. The van der Waals surface area contributed by atoms with Gasteiger partial charge in [-0.15, -0.1) is 0 Å². The van der Waals surface area contributed by atoms with Gasteiger partial charge in [0, 0.05) is 47.8 Å². The summed E-state index contributed by atoms with van der Waals surface area (Å²) in [6, 6.07) is 4.94. The second-order valence-corrected chi connectivity index (χ2v) is 11.6. The maximum atomic E-state index is 13.9. The van der Waals surface area contributed by atoms with Gasteiger partial charge >= 0.3 is 12.2 Å². The predicted octanol–water partition coefficient (Wildman–Crippen LogP) is 3.98. The van der Waals surface area contributed by atoms with Gasteiger partial charge < -0.3 is 16.4 Å². The topological polar surface area (TPSA) is 122 Å². The summed E-state index contributed by atoms with van der Waals surface area (Å²) in [5.41, 5.74) is 3.72. The van der Waals surface area contributed by atoms with Gasteiger partial charge in [0.1, 0.15) is 0 Å². The van der Waals surface area contributed by atoms with Crippen molar-refractivity contribution in [1.82, 2.24) is 15.5 Å². The Morgan fingerprint density at radius 2 is 1.89 bits per heavy atom. The molecular formula is C23H25Cl2F3N4O4S. The number of benzene rings is 2. The largest absolute Gasteiger partial charge is 0.416 e. The van der Waals surface area contributed by atoms with Gasteiger partial charge in [-0.3, -0.25) is 9.69 Å². The number of alkyl halides is 3. The monoisotopic (exact) mass is 580 g/mol. The summed E-state index contributed by atoms with van der Waals surface area (Å²) < 4.78 is 66.6. The number of nitrogens with two attached hydrogens (primary N) is 1. The van der Waals surface area contributed by atoms with Gasteiger partial charge in [0.05, 0.1) is 16.2 Å². The molecule has 0 aromatic heterocycles. The molecule has 1 aliphatic heterocycles. The molecule has 2 aromatic carbocycles. The van der Waals surface area contributed by atoms with Crippen LogP contribution in [0.5, 0.6) is 0 Å². The minimum Gasteiger partial charge on any atom is -0.352 e. The number of hydrogen-bond donors (Lipinski definition) is 3. The van der Waals surface area contributed by atoms with E-state index in [-0.39, 0.29) is 56.5 Å². The van der Waals surface area contributed by atoms with Gasteiger partial charge in [0.25, 0.3) is 5.91 Å². The number of primary amides is 1. The smallest absolute Gasteiger partial charge is 0.352 e. The van der Waals surface area contributed by atoms with Crippen molar-refractivity contribution < 1.29 is 31.2 Å². The maximum Gasteiger partial charge on any atom is 0.416 e. The van der Waals surface area contributed by atoms with E-state index in [0.29, 0.717) is 25.6 Å². The van der Waals surface area contributed by atoms with E-state index < -0.39 is 33.5 Å². The molecule has 1 saturated heterocycles. The predicted molar refractivity (Wildman–Crippen MR) is 133 cm³/mol. The third kappa shape index (κ3) is 7.28. The molecule has 1 fully saturated rings. The third-order valence-corrected chi connectivity index (χ3v) is 8.34. The molecule has 4 N–H and O–H groups in total. The molecule has 0 saturated carbocycles. The lowest BCUT2D eigenvalue weighted by atomic mass is 10.0. The van der Waals surface area contributed by atoms with E-state index in [1.807, 2.05) is 0 Å². The number of nitrogens with one attached hydrogen (secondary N) is 2. The van der Waals surface area contributed by atoms with Crippen molar-refractivity contribution in [2.24, 2.45) is 5.73 Å². The maximum absolute atomic E-state index is 13.9. The molecule has 0 radical (unpaired) electrons. The Hall–Kier alpha value is -2.54. The van der Waals surface area contributed by atoms with E-state index in [1.54, 1.807) is 4.90 Å². The standard InChI is InChI=1S/C23H25Cl2F3N4O4S/c1-2-37(35,36)20-4-3-15(24)7-14(20)10-30-21(33)13-8-18(23(26,27)28)17(19(25)9-13)12-32-6-5-16(11-32)31-22(29)34/h3-4,7-9,16H,2,5-6,10-12H2,1H3,(H,30,33)(H3,29,31,34)/t16-/m1/s1. The molecule has 14 heteroatoms. The SMILES string of the molecule is CCS(=O)(=O)c1ccc(Cl)cc1CNC(=O)c1cc(Cl)c(CN2CC[C@@H](NC(N)=O)C2)c(C(F)(F)F)c1. The number of carbonyl (C=O) groups excluding carboxylic acids is 2. The van der Waals surface area contributed by atoms with Crippen molar-refractivity contribution in [3.8, 4) is 0 Å². The molecule has 2 aromatic rings. The van der Waals surface area contributed by atoms with Crippen LogP contribution in [0.25, 0.3) is 0 Å². The lowest BCUT2D eigenvalue weighted by Gasteiger charge is -2.21. The Morgan fingerprint density at radius 1 is 1.19 bits per heavy atom. The molecule has 1 atom stereocenters. The van der Waals surface area contributed by atoms with Crippen LogP contribution in [0.2, 0.25) is 10.0 Å². The number of nitrogens with zero attached hydrogens (tertiary/aromatic N) is 1. The number of urea groups is 1. The summed E-state index contributed by atoms with van der Waals surface area (Å²) >= 11 is 12.2. The molecule has 1 heterocycles. The Bertz CT molecular complexity index is 1310. The number of amides is 3. The molecule has 0 unspecified atom stereocenters. The van der Waals surface area contributed by atoms with Crippen LogP contribution in [0.15, 0.2) is 35.2 Å². The Labute approximate surface area is 222 Å². The molecule has 3 rings (SSSR count). The Balaban J connectivity index is 1.84. The molecule has 0 bridgehead atoms.